The summed E-state index contributed by atoms with van der Waals surface area (Å²) in [6.45, 7) is 4.10. The number of amides is 3. The number of carbonyl (C=O) groups excluding carboxylic acids is 2. The molecule has 3 amide bonds. The Labute approximate surface area is 137 Å². The van der Waals surface area contributed by atoms with Gasteiger partial charge in [0.2, 0.25) is 5.91 Å². The number of urea groups is 1. The molecule has 1 aliphatic rings. The van der Waals surface area contributed by atoms with Gasteiger partial charge < -0.3 is 20.4 Å². The van der Waals surface area contributed by atoms with Gasteiger partial charge in [0.25, 0.3) is 0 Å². The smallest absolute Gasteiger partial charge is 0.315 e. The van der Waals surface area contributed by atoms with E-state index in [0.29, 0.717) is 19.5 Å². The van der Waals surface area contributed by atoms with Crippen molar-refractivity contribution in [2.24, 2.45) is 0 Å². The number of aryl methyl sites for hydroxylation is 1. The molecule has 0 bridgehead atoms. The minimum atomic E-state index is -0.202. The molecule has 1 aromatic rings. The summed E-state index contributed by atoms with van der Waals surface area (Å²) >= 11 is 0. The number of hydrogen-bond donors (Lipinski definition) is 2. The first-order chi connectivity index (χ1) is 11.0. The van der Waals surface area contributed by atoms with E-state index in [2.05, 4.69) is 15.5 Å². The van der Waals surface area contributed by atoms with Gasteiger partial charge in [0.15, 0.2) is 0 Å². The standard InChI is InChI=1S/C17H26N4O2/c1-13-5-7-15(8-6-13)21-12-14(11-16(21)22)19-17(23)18-9-4-10-20(2)3/h5-8,14H,4,9-12H2,1-3H3,(H2,18,19,23). The fourth-order valence-electron chi connectivity index (χ4n) is 2.61. The Morgan fingerprint density at radius 2 is 2.00 bits per heavy atom. The summed E-state index contributed by atoms with van der Waals surface area (Å²) in [5.41, 5.74) is 2.04. The Kier molecular flexibility index (Phi) is 5.98. The number of anilines is 1. The van der Waals surface area contributed by atoms with Gasteiger partial charge in [-0.2, -0.15) is 0 Å². The molecule has 126 valence electrons. The van der Waals surface area contributed by atoms with E-state index >= 15 is 0 Å². The number of carbonyl (C=O) groups is 2. The Balaban J connectivity index is 1.78. The molecule has 0 saturated carbocycles. The van der Waals surface area contributed by atoms with Crippen molar-refractivity contribution >= 4 is 17.6 Å². The molecule has 0 spiro atoms. The van der Waals surface area contributed by atoms with E-state index in [-0.39, 0.29) is 18.0 Å². The molecular formula is C17H26N4O2. The molecule has 0 aliphatic carbocycles. The van der Waals surface area contributed by atoms with Crippen molar-refractivity contribution in [3.63, 3.8) is 0 Å². The summed E-state index contributed by atoms with van der Waals surface area (Å²) in [6, 6.07) is 7.51. The maximum absolute atomic E-state index is 12.1. The van der Waals surface area contributed by atoms with Gasteiger partial charge in [-0.3, -0.25) is 4.79 Å². The molecule has 1 saturated heterocycles. The van der Waals surface area contributed by atoms with Crippen LogP contribution in [0, 0.1) is 6.92 Å². The van der Waals surface area contributed by atoms with Crippen LogP contribution in [0.25, 0.3) is 0 Å². The van der Waals surface area contributed by atoms with Crippen LogP contribution in [0.15, 0.2) is 24.3 Å². The van der Waals surface area contributed by atoms with Crippen molar-refractivity contribution in [2.75, 3.05) is 38.6 Å². The van der Waals surface area contributed by atoms with Crippen molar-refractivity contribution in [3.05, 3.63) is 29.8 Å². The van der Waals surface area contributed by atoms with E-state index in [1.165, 1.54) is 0 Å². The second kappa shape index (κ2) is 7.97. The monoisotopic (exact) mass is 318 g/mol. The molecule has 0 aromatic heterocycles. The summed E-state index contributed by atoms with van der Waals surface area (Å²) in [5, 5.41) is 5.72. The highest BCUT2D eigenvalue weighted by Gasteiger charge is 2.31. The average molecular weight is 318 g/mol. The van der Waals surface area contributed by atoms with Crippen LogP contribution < -0.4 is 15.5 Å². The SMILES string of the molecule is Cc1ccc(N2CC(NC(=O)NCCCN(C)C)CC2=O)cc1. The summed E-state index contributed by atoms with van der Waals surface area (Å²) in [7, 11) is 4.01. The van der Waals surface area contributed by atoms with E-state index in [1.54, 1.807) is 4.90 Å². The predicted molar refractivity (Wildman–Crippen MR) is 91.6 cm³/mol. The third kappa shape index (κ3) is 5.25. The van der Waals surface area contributed by atoms with Gasteiger partial charge in [-0.15, -0.1) is 0 Å². The minimum Gasteiger partial charge on any atom is -0.338 e. The highest BCUT2D eigenvalue weighted by molar-refractivity contribution is 5.96. The topological polar surface area (TPSA) is 64.7 Å². The van der Waals surface area contributed by atoms with Crippen molar-refractivity contribution < 1.29 is 9.59 Å². The molecule has 1 aromatic carbocycles. The van der Waals surface area contributed by atoms with E-state index in [4.69, 9.17) is 0 Å². The lowest BCUT2D eigenvalue weighted by Gasteiger charge is -2.17. The minimum absolute atomic E-state index is 0.0479. The highest BCUT2D eigenvalue weighted by Crippen LogP contribution is 2.21. The highest BCUT2D eigenvalue weighted by atomic mass is 16.2. The zero-order valence-electron chi connectivity index (χ0n) is 14.1. The summed E-state index contributed by atoms with van der Waals surface area (Å²) in [6.07, 6.45) is 1.25. The van der Waals surface area contributed by atoms with Crippen molar-refractivity contribution in [3.8, 4) is 0 Å². The molecule has 6 heteroatoms. The van der Waals surface area contributed by atoms with Crippen LogP contribution in [-0.4, -0.2) is 56.6 Å². The maximum Gasteiger partial charge on any atom is 0.315 e. The molecule has 1 atom stereocenters. The fraction of sp³-hybridized carbons (Fsp3) is 0.529. The van der Waals surface area contributed by atoms with Crippen LogP contribution in [0.1, 0.15) is 18.4 Å². The van der Waals surface area contributed by atoms with Gasteiger partial charge in [-0.05, 0) is 46.1 Å². The second-order valence-electron chi connectivity index (χ2n) is 6.30. The van der Waals surface area contributed by atoms with Crippen LogP contribution in [0.2, 0.25) is 0 Å². The lowest BCUT2D eigenvalue weighted by molar-refractivity contribution is -0.117. The number of nitrogens with one attached hydrogen (secondary N) is 2. The summed E-state index contributed by atoms with van der Waals surface area (Å²) in [4.78, 5) is 27.8. The van der Waals surface area contributed by atoms with Crippen LogP contribution in [0.3, 0.4) is 0 Å². The molecule has 1 aliphatic heterocycles. The molecule has 1 heterocycles. The molecular weight excluding hydrogens is 292 g/mol. The Morgan fingerprint density at radius 1 is 1.30 bits per heavy atom. The molecule has 6 nitrogen and oxygen atoms in total. The number of nitrogens with zero attached hydrogens (tertiary/aromatic N) is 2. The fourth-order valence-corrected chi connectivity index (χ4v) is 2.61. The Bertz CT molecular complexity index is 542. The molecule has 1 fully saturated rings. The maximum atomic E-state index is 12.1. The molecule has 0 radical (unpaired) electrons. The lowest BCUT2D eigenvalue weighted by Crippen LogP contribution is -2.43. The van der Waals surface area contributed by atoms with Gasteiger partial charge in [0, 0.05) is 25.2 Å². The summed E-state index contributed by atoms with van der Waals surface area (Å²) < 4.78 is 0. The second-order valence-corrected chi connectivity index (χ2v) is 6.30. The van der Waals surface area contributed by atoms with Crippen LogP contribution in [0.5, 0.6) is 0 Å². The summed E-state index contributed by atoms with van der Waals surface area (Å²) in [5.74, 6) is 0.0479. The van der Waals surface area contributed by atoms with E-state index in [1.807, 2.05) is 45.3 Å². The van der Waals surface area contributed by atoms with Gasteiger partial charge in [0.05, 0.1) is 6.04 Å². The quantitative estimate of drug-likeness (QED) is 0.778. The third-order valence-corrected chi connectivity index (χ3v) is 3.87. The zero-order valence-corrected chi connectivity index (χ0v) is 14.1. The van der Waals surface area contributed by atoms with E-state index in [9.17, 15) is 9.59 Å². The van der Waals surface area contributed by atoms with Crippen LogP contribution in [-0.2, 0) is 4.79 Å². The van der Waals surface area contributed by atoms with E-state index < -0.39 is 0 Å². The predicted octanol–water partition coefficient (Wildman–Crippen LogP) is 1.35. The van der Waals surface area contributed by atoms with Crippen LogP contribution in [0.4, 0.5) is 10.5 Å². The van der Waals surface area contributed by atoms with E-state index in [0.717, 1.165) is 24.2 Å². The van der Waals surface area contributed by atoms with Crippen molar-refractivity contribution in [1.82, 2.24) is 15.5 Å². The first-order valence-electron chi connectivity index (χ1n) is 8.02. The molecule has 23 heavy (non-hydrogen) atoms. The lowest BCUT2D eigenvalue weighted by atomic mass is 10.2. The Hall–Kier alpha value is -2.08. The number of benzene rings is 1. The van der Waals surface area contributed by atoms with Gasteiger partial charge in [-0.1, -0.05) is 17.7 Å². The first kappa shape index (κ1) is 17.3. The molecule has 2 N–H and O–H groups in total. The average Bonchev–Trinajstić information content (AvgIpc) is 2.85. The molecule has 1 unspecified atom stereocenters. The van der Waals surface area contributed by atoms with Crippen molar-refractivity contribution in [2.45, 2.75) is 25.8 Å². The van der Waals surface area contributed by atoms with Crippen LogP contribution >= 0.6 is 0 Å². The van der Waals surface area contributed by atoms with Crippen molar-refractivity contribution in [1.29, 1.82) is 0 Å². The van der Waals surface area contributed by atoms with Gasteiger partial charge >= 0.3 is 6.03 Å². The first-order valence-corrected chi connectivity index (χ1v) is 8.02. The largest absolute Gasteiger partial charge is 0.338 e. The third-order valence-electron chi connectivity index (χ3n) is 3.87. The number of rotatable bonds is 6. The van der Waals surface area contributed by atoms with Gasteiger partial charge in [-0.25, -0.2) is 4.79 Å². The van der Waals surface area contributed by atoms with Gasteiger partial charge in [0.1, 0.15) is 0 Å². The normalized spacial score (nSPS) is 17.7. The molecule has 2 rings (SSSR count). The zero-order chi connectivity index (χ0) is 16.8. The number of hydrogen-bond acceptors (Lipinski definition) is 3. The Morgan fingerprint density at radius 3 is 2.65 bits per heavy atom.